The van der Waals surface area contributed by atoms with Crippen molar-refractivity contribution >= 4 is 23.6 Å². The lowest BCUT2D eigenvalue weighted by molar-refractivity contribution is -0.134. The zero-order valence-electron chi connectivity index (χ0n) is 7.76. The molecule has 0 spiro atoms. The van der Waals surface area contributed by atoms with Gasteiger partial charge < -0.3 is 4.74 Å². The third-order valence-corrected chi connectivity index (χ3v) is 2.01. The Labute approximate surface area is 90.1 Å². The fraction of sp³-hybridized carbons (Fsp3) is 0.100. The van der Waals surface area contributed by atoms with Crippen molar-refractivity contribution in [3.05, 3.63) is 40.4 Å². The Balaban J connectivity index is 3.02. The van der Waals surface area contributed by atoms with Crippen LogP contribution < -0.4 is 0 Å². The van der Waals surface area contributed by atoms with Gasteiger partial charge in [0.2, 0.25) is 0 Å². The van der Waals surface area contributed by atoms with Crippen LogP contribution in [0.3, 0.4) is 0 Å². The summed E-state index contributed by atoms with van der Waals surface area (Å²) >= 11 is 5.33. The first kappa shape index (κ1) is 11.7. The first-order chi connectivity index (χ1) is 7.06. The van der Waals surface area contributed by atoms with Gasteiger partial charge in [-0.15, -0.1) is 0 Å². The molecule has 0 aliphatic rings. The molecule has 0 aliphatic heterocycles. The largest absolute Gasteiger partial charge is 0.466 e. The number of ether oxygens (including phenoxy) is 1. The van der Waals surface area contributed by atoms with E-state index in [0.29, 0.717) is 0 Å². The van der Waals surface area contributed by atoms with Gasteiger partial charge in [-0.05, 0) is 18.2 Å². The topological polar surface area (TPSA) is 26.3 Å². The van der Waals surface area contributed by atoms with Gasteiger partial charge in [-0.2, -0.15) is 0 Å². The fourth-order valence-corrected chi connectivity index (χ4v) is 1.07. The Morgan fingerprint density at radius 1 is 1.47 bits per heavy atom. The molecule has 0 radical (unpaired) electrons. The van der Waals surface area contributed by atoms with E-state index in [1.807, 2.05) is 0 Å². The van der Waals surface area contributed by atoms with Crippen LogP contribution in [0, 0.1) is 11.6 Å². The number of carbonyl (C=O) groups excluding carboxylic acids is 1. The van der Waals surface area contributed by atoms with E-state index in [0.717, 1.165) is 18.2 Å². The second-order valence-corrected chi connectivity index (χ2v) is 3.00. The molecule has 0 N–H and O–H groups in total. The van der Waals surface area contributed by atoms with Crippen LogP contribution in [0.4, 0.5) is 8.78 Å². The molecule has 0 heterocycles. The molecule has 0 atom stereocenters. The first-order valence-corrected chi connectivity index (χ1v) is 4.33. The van der Waals surface area contributed by atoms with Crippen LogP contribution >= 0.6 is 11.6 Å². The third kappa shape index (κ3) is 2.76. The highest BCUT2D eigenvalue weighted by molar-refractivity contribution is 6.31. The number of carbonyl (C=O) groups is 1. The highest BCUT2D eigenvalue weighted by atomic mass is 35.5. The Bertz CT molecular complexity index is 416. The van der Waals surface area contributed by atoms with Gasteiger partial charge in [0.15, 0.2) is 5.82 Å². The lowest BCUT2D eigenvalue weighted by Crippen LogP contribution is -1.94. The number of methoxy groups -OCH3 is 1. The van der Waals surface area contributed by atoms with Crippen LogP contribution in [-0.2, 0) is 9.53 Å². The summed E-state index contributed by atoms with van der Waals surface area (Å²) in [5.41, 5.74) is 0.0202. The fourth-order valence-electron chi connectivity index (χ4n) is 0.895. The lowest BCUT2D eigenvalue weighted by Gasteiger charge is -2.00. The van der Waals surface area contributed by atoms with Crippen LogP contribution in [0.5, 0.6) is 0 Å². The van der Waals surface area contributed by atoms with E-state index in [1.54, 1.807) is 0 Å². The molecule has 1 rings (SSSR count). The minimum absolute atomic E-state index is 0.0202. The van der Waals surface area contributed by atoms with Crippen molar-refractivity contribution in [3.8, 4) is 0 Å². The highest BCUT2D eigenvalue weighted by Gasteiger charge is 2.09. The maximum absolute atomic E-state index is 13.2. The van der Waals surface area contributed by atoms with Crippen molar-refractivity contribution in [2.45, 2.75) is 0 Å². The predicted octanol–water partition coefficient (Wildman–Crippen LogP) is 2.80. The molecule has 2 nitrogen and oxygen atoms in total. The average Bonchev–Trinajstić information content (AvgIpc) is 2.24. The van der Waals surface area contributed by atoms with Gasteiger partial charge >= 0.3 is 5.97 Å². The maximum Gasteiger partial charge on any atom is 0.330 e. The average molecular weight is 233 g/mol. The second kappa shape index (κ2) is 4.89. The molecule has 0 aromatic heterocycles. The summed E-state index contributed by atoms with van der Waals surface area (Å²) in [6.07, 6.45) is 2.18. The normalized spacial score (nSPS) is 10.7. The molecule has 0 amide bonds. The summed E-state index contributed by atoms with van der Waals surface area (Å²) in [5.74, 6) is -2.38. The van der Waals surface area contributed by atoms with Crippen LogP contribution in [0.1, 0.15) is 5.56 Å². The van der Waals surface area contributed by atoms with E-state index in [-0.39, 0.29) is 5.56 Å². The van der Waals surface area contributed by atoms with Crippen LogP contribution in [0.15, 0.2) is 18.2 Å². The summed E-state index contributed by atoms with van der Waals surface area (Å²) in [5, 5.41) is -0.595. The maximum atomic E-state index is 13.2. The zero-order valence-corrected chi connectivity index (χ0v) is 8.52. The van der Waals surface area contributed by atoms with Gasteiger partial charge in [0, 0.05) is 11.6 Å². The van der Waals surface area contributed by atoms with Crippen molar-refractivity contribution in [1.82, 2.24) is 0 Å². The molecular weight excluding hydrogens is 226 g/mol. The van der Waals surface area contributed by atoms with Crippen molar-refractivity contribution in [3.63, 3.8) is 0 Å². The SMILES string of the molecule is COC(=O)C=Cc1ccc(F)c(Cl)c1F. The molecule has 1 aromatic carbocycles. The molecule has 0 fully saturated rings. The molecule has 1 aromatic rings. The van der Waals surface area contributed by atoms with E-state index < -0.39 is 22.6 Å². The number of benzene rings is 1. The summed E-state index contributed by atoms with van der Waals surface area (Å²) in [6, 6.07) is 2.19. The van der Waals surface area contributed by atoms with Crippen molar-refractivity contribution in [2.75, 3.05) is 7.11 Å². The van der Waals surface area contributed by atoms with E-state index in [2.05, 4.69) is 4.74 Å². The lowest BCUT2D eigenvalue weighted by atomic mass is 10.2. The van der Waals surface area contributed by atoms with E-state index in [1.165, 1.54) is 13.2 Å². The zero-order chi connectivity index (χ0) is 11.4. The number of hydrogen-bond acceptors (Lipinski definition) is 2. The molecule has 15 heavy (non-hydrogen) atoms. The molecule has 0 unspecified atom stereocenters. The summed E-state index contributed by atoms with van der Waals surface area (Å²) in [4.78, 5) is 10.7. The quantitative estimate of drug-likeness (QED) is 0.445. The third-order valence-electron chi connectivity index (χ3n) is 1.67. The minimum atomic E-state index is -0.906. The van der Waals surface area contributed by atoms with Gasteiger partial charge in [0.25, 0.3) is 0 Å². The molecule has 0 bridgehead atoms. The molecule has 0 aliphatic carbocycles. The van der Waals surface area contributed by atoms with Gasteiger partial charge in [-0.25, -0.2) is 13.6 Å². The van der Waals surface area contributed by atoms with E-state index in [4.69, 9.17) is 11.6 Å². The number of esters is 1. The number of halogens is 3. The van der Waals surface area contributed by atoms with Crippen molar-refractivity contribution in [2.24, 2.45) is 0 Å². The molecule has 5 heteroatoms. The van der Waals surface area contributed by atoms with Gasteiger partial charge in [0.05, 0.1) is 7.11 Å². The Kier molecular flexibility index (Phi) is 3.80. The Morgan fingerprint density at radius 3 is 2.73 bits per heavy atom. The molecule has 0 saturated carbocycles. The monoisotopic (exact) mass is 232 g/mol. The summed E-state index contributed by atoms with van der Waals surface area (Å²) < 4.78 is 30.3. The molecule has 80 valence electrons. The summed E-state index contributed by atoms with van der Waals surface area (Å²) in [7, 11) is 1.20. The van der Waals surface area contributed by atoms with Gasteiger partial charge in [-0.1, -0.05) is 11.6 Å². The van der Waals surface area contributed by atoms with Gasteiger partial charge in [-0.3, -0.25) is 0 Å². The van der Waals surface area contributed by atoms with E-state index in [9.17, 15) is 13.6 Å². The number of hydrogen-bond donors (Lipinski definition) is 0. The molecular formula is C10H7ClF2O2. The Hall–Kier alpha value is -1.42. The first-order valence-electron chi connectivity index (χ1n) is 3.95. The number of rotatable bonds is 2. The second-order valence-electron chi connectivity index (χ2n) is 2.62. The van der Waals surface area contributed by atoms with Gasteiger partial charge in [0.1, 0.15) is 10.8 Å². The van der Waals surface area contributed by atoms with Crippen LogP contribution in [0.25, 0.3) is 6.08 Å². The van der Waals surface area contributed by atoms with E-state index >= 15 is 0 Å². The molecule has 0 saturated heterocycles. The standard InChI is InChI=1S/C10H7ClF2O2/c1-15-8(14)5-3-6-2-4-7(12)9(11)10(6)13/h2-5H,1H3. The Morgan fingerprint density at radius 2 is 2.13 bits per heavy atom. The van der Waals surface area contributed by atoms with Crippen molar-refractivity contribution < 1.29 is 18.3 Å². The van der Waals surface area contributed by atoms with Crippen LogP contribution in [0.2, 0.25) is 5.02 Å². The highest BCUT2D eigenvalue weighted by Crippen LogP contribution is 2.22. The predicted molar refractivity (Wildman–Crippen MR) is 52.4 cm³/mol. The minimum Gasteiger partial charge on any atom is -0.466 e. The van der Waals surface area contributed by atoms with Crippen molar-refractivity contribution in [1.29, 1.82) is 0 Å². The smallest absolute Gasteiger partial charge is 0.330 e. The van der Waals surface area contributed by atoms with Crippen LogP contribution in [-0.4, -0.2) is 13.1 Å². The summed E-state index contributed by atoms with van der Waals surface area (Å²) in [6.45, 7) is 0.